The average Bonchev–Trinajstić information content (AvgIpc) is 2.88. The number of amides is 2. The molecule has 19 heavy (non-hydrogen) atoms. The van der Waals surface area contributed by atoms with Crippen LogP contribution in [0.3, 0.4) is 0 Å². The van der Waals surface area contributed by atoms with Crippen molar-refractivity contribution in [2.24, 2.45) is 5.73 Å². The smallest absolute Gasteiger partial charge is 0.305 e. The van der Waals surface area contributed by atoms with Crippen molar-refractivity contribution in [3.8, 4) is 0 Å². The summed E-state index contributed by atoms with van der Waals surface area (Å²) in [5.74, 6) is -1.91. The largest absolute Gasteiger partial charge is 0.481 e. The molecular weight excluding hydrogens is 270 g/mol. The summed E-state index contributed by atoms with van der Waals surface area (Å²) >= 11 is 1.36. The maximum Gasteiger partial charge on any atom is 0.305 e. The second-order valence-corrected chi connectivity index (χ2v) is 4.69. The van der Waals surface area contributed by atoms with Gasteiger partial charge in [-0.15, -0.1) is 11.3 Å². The number of nitrogens with one attached hydrogen (secondary N) is 2. The van der Waals surface area contributed by atoms with Gasteiger partial charge < -0.3 is 21.5 Å². The fourth-order valence-electron chi connectivity index (χ4n) is 1.38. The monoisotopic (exact) mass is 285 g/mol. The lowest BCUT2D eigenvalue weighted by Crippen LogP contribution is -2.41. The standard InChI is InChI=1S/C11H15N3O4S/c12-5-9(15)13-6-10(16)14-7(4-11(17)18)8-2-1-3-19-8/h1-3,7H,4-6,12H2,(H,13,15)(H,14,16)(H,17,18). The Labute approximate surface area is 113 Å². The van der Waals surface area contributed by atoms with Crippen LogP contribution in [0.2, 0.25) is 0 Å². The van der Waals surface area contributed by atoms with Gasteiger partial charge in [0.25, 0.3) is 0 Å². The molecular formula is C11H15N3O4S. The Hall–Kier alpha value is -1.93. The fourth-order valence-corrected chi connectivity index (χ4v) is 2.16. The summed E-state index contributed by atoms with van der Waals surface area (Å²) in [5, 5.41) is 15.5. The molecule has 0 bridgehead atoms. The van der Waals surface area contributed by atoms with Gasteiger partial charge in [0.15, 0.2) is 0 Å². The molecule has 0 fully saturated rings. The summed E-state index contributed by atoms with van der Waals surface area (Å²) in [5.41, 5.74) is 5.08. The number of thiophene rings is 1. The third-order valence-corrected chi connectivity index (χ3v) is 3.22. The molecule has 0 saturated heterocycles. The lowest BCUT2D eigenvalue weighted by atomic mass is 10.1. The van der Waals surface area contributed by atoms with E-state index in [1.54, 1.807) is 17.5 Å². The molecule has 0 radical (unpaired) electrons. The molecule has 7 nitrogen and oxygen atoms in total. The zero-order valence-corrected chi connectivity index (χ0v) is 10.9. The molecule has 5 N–H and O–H groups in total. The second-order valence-electron chi connectivity index (χ2n) is 3.71. The van der Waals surface area contributed by atoms with Crippen LogP contribution < -0.4 is 16.4 Å². The first-order chi connectivity index (χ1) is 9.02. The summed E-state index contributed by atoms with van der Waals surface area (Å²) in [6.45, 7) is -0.422. The lowest BCUT2D eigenvalue weighted by molar-refractivity contribution is -0.138. The van der Waals surface area contributed by atoms with Gasteiger partial charge in [-0.1, -0.05) is 6.07 Å². The number of carbonyl (C=O) groups is 3. The van der Waals surface area contributed by atoms with Crippen LogP contribution in [0, 0.1) is 0 Å². The highest BCUT2D eigenvalue weighted by Gasteiger charge is 2.18. The molecule has 1 heterocycles. The average molecular weight is 285 g/mol. The van der Waals surface area contributed by atoms with Crippen LogP contribution in [0.5, 0.6) is 0 Å². The van der Waals surface area contributed by atoms with Crippen LogP contribution >= 0.6 is 11.3 Å². The molecule has 0 aliphatic rings. The number of aliphatic carboxylic acids is 1. The third kappa shape index (κ3) is 5.49. The van der Waals surface area contributed by atoms with Gasteiger partial charge in [0, 0.05) is 4.88 Å². The Balaban J connectivity index is 2.55. The maximum absolute atomic E-state index is 11.6. The van der Waals surface area contributed by atoms with Gasteiger partial charge in [-0.3, -0.25) is 14.4 Å². The van der Waals surface area contributed by atoms with E-state index in [1.165, 1.54) is 11.3 Å². The van der Waals surface area contributed by atoms with Crippen molar-refractivity contribution in [1.29, 1.82) is 0 Å². The van der Waals surface area contributed by atoms with Gasteiger partial charge in [-0.25, -0.2) is 0 Å². The van der Waals surface area contributed by atoms with Crippen molar-refractivity contribution < 1.29 is 19.5 Å². The van der Waals surface area contributed by atoms with E-state index < -0.39 is 23.8 Å². The van der Waals surface area contributed by atoms with Crippen LogP contribution in [0.25, 0.3) is 0 Å². The number of rotatable bonds is 7. The van der Waals surface area contributed by atoms with Gasteiger partial charge >= 0.3 is 5.97 Å². The Morgan fingerprint density at radius 1 is 1.37 bits per heavy atom. The molecule has 0 aliphatic carbocycles. The van der Waals surface area contributed by atoms with Crippen molar-refractivity contribution in [3.63, 3.8) is 0 Å². The Kier molecular flexibility index (Phi) is 5.97. The molecule has 0 aromatic carbocycles. The van der Waals surface area contributed by atoms with E-state index in [2.05, 4.69) is 10.6 Å². The highest BCUT2D eigenvalue weighted by atomic mass is 32.1. The number of nitrogens with two attached hydrogens (primary N) is 1. The highest BCUT2D eigenvalue weighted by molar-refractivity contribution is 7.10. The van der Waals surface area contributed by atoms with E-state index in [0.29, 0.717) is 0 Å². The summed E-state index contributed by atoms with van der Waals surface area (Å²) in [7, 11) is 0. The Morgan fingerprint density at radius 2 is 2.11 bits per heavy atom. The normalized spacial score (nSPS) is 11.6. The molecule has 0 saturated carbocycles. The second kappa shape index (κ2) is 7.49. The Bertz CT molecular complexity index is 447. The molecule has 1 rings (SSSR count). The first-order valence-electron chi connectivity index (χ1n) is 5.54. The molecule has 104 valence electrons. The van der Waals surface area contributed by atoms with E-state index in [-0.39, 0.29) is 19.5 Å². The summed E-state index contributed by atoms with van der Waals surface area (Å²) in [6.07, 6.45) is -0.211. The van der Waals surface area contributed by atoms with Crippen LogP contribution in [-0.4, -0.2) is 36.0 Å². The lowest BCUT2D eigenvalue weighted by Gasteiger charge is -2.15. The summed E-state index contributed by atoms with van der Waals surface area (Å²) in [6, 6.07) is 2.92. The molecule has 0 aliphatic heterocycles. The molecule has 2 amide bonds. The van der Waals surface area contributed by atoms with Crippen molar-refractivity contribution in [3.05, 3.63) is 22.4 Å². The van der Waals surface area contributed by atoms with E-state index >= 15 is 0 Å². The first-order valence-corrected chi connectivity index (χ1v) is 6.42. The van der Waals surface area contributed by atoms with Gasteiger partial charge in [0.2, 0.25) is 11.8 Å². The quantitative estimate of drug-likeness (QED) is 0.536. The van der Waals surface area contributed by atoms with Crippen LogP contribution in [0.1, 0.15) is 17.3 Å². The fraction of sp³-hybridized carbons (Fsp3) is 0.364. The number of hydrogen-bond acceptors (Lipinski definition) is 5. The first kappa shape index (κ1) is 15.1. The van der Waals surface area contributed by atoms with Gasteiger partial charge in [-0.2, -0.15) is 0 Å². The minimum Gasteiger partial charge on any atom is -0.481 e. The number of carbonyl (C=O) groups excluding carboxylic acids is 2. The van der Waals surface area contributed by atoms with Crippen molar-refractivity contribution in [1.82, 2.24) is 10.6 Å². The minimum absolute atomic E-state index is 0.198. The van der Waals surface area contributed by atoms with Gasteiger partial charge in [0.05, 0.1) is 25.6 Å². The van der Waals surface area contributed by atoms with Crippen LogP contribution in [0.4, 0.5) is 0 Å². The third-order valence-electron chi connectivity index (χ3n) is 2.23. The van der Waals surface area contributed by atoms with Gasteiger partial charge in [-0.05, 0) is 11.4 Å². The van der Waals surface area contributed by atoms with Crippen LogP contribution in [-0.2, 0) is 14.4 Å². The molecule has 8 heteroatoms. The van der Waals surface area contributed by atoms with Crippen molar-refractivity contribution >= 4 is 29.1 Å². The topological polar surface area (TPSA) is 122 Å². The predicted molar refractivity (Wildman–Crippen MR) is 69.5 cm³/mol. The predicted octanol–water partition coefficient (Wildman–Crippen LogP) is -0.545. The van der Waals surface area contributed by atoms with Crippen LogP contribution in [0.15, 0.2) is 17.5 Å². The highest BCUT2D eigenvalue weighted by Crippen LogP contribution is 2.21. The van der Waals surface area contributed by atoms with E-state index in [1.807, 2.05) is 0 Å². The molecule has 0 spiro atoms. The molecule has 1 atom stereocenters. The van der Waals surface area contributed by atoms with Gasteiger partial charge in [0.1, 0.15) is 0 Å². The number of carboxylic acid groups (broad SMARTS) is 1. The number of hydrogen-bond donors (Lipinski definition) is 4. The molecule has 1 aromatic rings. The van der Waals surface area contributed by atoms with E-state index in [9.17, 15) is 14.4 Å². The SMILES string of the molecule is NCC(=O)NCC(=O)NC(CC(=O)O)c1cccs1. The molecule has 1 unspecified atom stereocenters. The zero-order chi connectivity index (χ0) is 14.3. The minimum atomic E-state index is -1.01. The Morgan fingerprint density at radius 3 is 2.63 bits per heavy atom. The van der Waals surface area contributed by atoms with Crippen molar-refractivity contribution in [2.45, 2.75) is 12.5 Å². The maximum atomic E-state index is 11.6. The summed E-state index contributed by atoms with van der Waals surface area (Å²) < 4.78 is 0. The van der Waals surface area contributed by atoms with Crippen molar-refractivity contribution in [2.75, 3.05) is 13.1 Å². The van der Waals surface area contributed by atoms with E-state index in [0.717, 1.165) is 4.88 Å². The summed E-state index contributed by atoms with van der Waals surface area (Å²) in [4.78, 5) is 34.0. The molecule has 1 aromatic heterocycles. The van der Waals surface area contributed by atoms with E-state index in [4.69, 9.17) is 10.8 Å². The zero-order valence-electron chi connectivity index (χ0n) is 10.1. The number of carboxylic acids is 1.